The molecule has 0 aliphatic rings. The first-order valence-electron chi connectivity index (χ1n) is 12.4. The van der Waals surface area contributed by atoms with Crippen LogP contribution in [0, 0.1) is 0 Å². The van der Waals surface area contributed by atoms with Crippen molar-refractivity contribution in [2.24, 2.45) is 5.10 Å². The van der Waals surface area contributed by atoms with E-state index in [0.29, 0.717) is 22.1 Å². The molecule has 0 aliphatic carbocycles. The second-order valence-corrected chi connectivity index (χ2v) is 9.48. The minimum Gasteiger partial charge on any atom is -0.446 e. The average molecular weight is 585 g/mol. The largest absolute Gasteiger partial charge is 0.446 e. The Balaban J connectivity index is 1.40. The van der Waals surface area contributed by atoms with Gasteiger partial charge in [-0.1, -0.05) is 89.9 Å². The Morgan fingerprint density at radius 3 is 2.05 bits per heavy atom. The van der Waals surface area contributed by atoms with Crippen molar-refractivity contribution in [3.05, 3.63) is 136 Å². The third kappa shape index (κ3) is 7.03. The number of carbonyl (C=O) groups excluding carboxylic acids is 2. The molecule has 0 aliphatic heterocycles. The van der Waals surface area contributed by atoms with Gasteiger partial charge in [-0.2, -0.15) is 5.10 Å². The number of hydrogen-bond acceptors (Lipinski definition) is 6. The van der Waals surface area contributed by atoms with Crippen LogP contribution in [0.25, 0.3) is 10.8 Å². The first-order valence-corrected chi connectivity index (χ1v) is 13.2. The summed E-state index contributed by atoms with van der Waals surface area (Å²) in [5.41, 5.74) is 3.08. The van der Waals surface area contributed by atoms with Gasteiger partial charge in [-0.15, -0.1) is 0 Å². The molecule has 0 radical (unpaired) electrons. The van der Waals surface area contributed by atoms with E-state index in [1.165, 1.54) is 18.3 Å². The number of rotatable bonds is 9. The lowest BCUT2D eigenvalue weighted by Gasteiger charge is -2.18. The van der Waals surface area contributed by atoms with Crippen molar-refractivity contribution in [3.8, 4) is 17.2 Å². The fourth-order valence-electron chi connectivity index (χ4n) is 3.90. The smallest absolute Gasteiger partial charge is 0.345 e. The van der Waals surface area contributed by atoms with E-state index in [-0.39, 0.29) is 16.3 Å². The number of nitrogens with one attached hydrogen (secondary N) is 1. The minimum absolute atomic E-state index is 0.152. The van der Waals surface area contributed by atoms with Crippen molar-refractivity contribution in [1.29, 1.82) is 0 Å². The molecule has 0 atom stereocenters. The predicted octanol–water partition coefficient (Wildman–Crippen LogP) is 7.30. The molecule has 5 rings (SSSR count). The molecule has 0 aromatic heterocycles. The Morgan fingerprint density at radius 1 is 0.756 bits per heavy atom. The molecular weight excluding hydrogens is 563 g/mol. The van der Waals surface area contributed by atoms with Gasteiger partial charge < -0.3 is 14.2 Å². The molecule has 1 amide bonds. The van der Waals surface area contributed by atoms with Crippen molar-refractivity contribution in [1.82, 2.24) is 5.43 Å². The van der Waals surface area contributed by atoms with Crippen molar-refractivity contribution < 1.29 is 23.8 Å². The monoisotopic (exact) mass is 584 g/mol. The van der Waals surface area contributed by atoms with Gasteiger partial charge in [-0.3, -0.25) is 4.79 Å². The molecule has 7 nitrogen and oxygen atoms in total. The highest BCUT2D eigenvalue weighted by Gasteiger charge is 2.23. The third-order valence-electron chi connectivity index (χ3n) is 5.84. The summed E-state index contributed by atoms with van der Waals surface area (Å²) < 4.78 is 17.3. The van der Waals surface area contributed by atoms with E-state index >= 15 is 0 Å². The zero-order chi connectivity index (χ0) is 28.6. The maximum Gasteiger partial charge on any atom is 0.345 e. The van der Waals surface area contributed by atoms with Crippen LogP contribution in [0.1, 0.15) is 15.9 Å². The van der Waals surface area contributed by atoms with Gasteiger partial charge in [-0.25, -0.2) is 10.2 Å². The van der Waals surface area contributed by atoms with E-state index in [1.54, 1.807) is 60.7 Å². The molecule has 0 bridgehead atoms. The average Bonchev–Trinajstić information content (AvgIpc) is 2.98. The van der Waals surface area contributed by atoms with Gasteiger partial charge in [0.25, 0.3) is 0 Å². The van der Waals surface area contributed by atoms with Crippen LogP contribution in [0.5, 0.6) is 17.2 Å². The van der Waals surface area contributed by atoms with Crippen LogP contribution in [0.4, 0.5) is 0 Å². The Labute approximate surface area is 245 Å². The van der Waals surface area contributed by atoms with Gasteiger partial charge in [0.2, 0.25) is 0 Å². The van der Waals surface area contributed by atoms with Crippen LogP contribution in [-0.2, 0) is 4.79 Å². The molecule has 0 unspecified atom stereocenters. The molecule has 5 aromatic rings. The zero-order valence-electron chi connectivity index (χ0n) is 21.4. The van der Waals surface area contributed by atoms with E-state index < -0.39 is 18.2 Å². The summed E-state index contributed by atoms with van der Waals surface area (Å²) >= 11 is 12.2. The number of hydrazone groups is 1. The van der Waals surface area contributed by atoms with Gasteiger partial charge in [0.05, 0.1) is 16.8 Å². The molecule has 41 heavy (non-hydrogen) atoms. The molecule has 0 spiro atoms. The molecule has 0 heterocycles. The summed E-state index contributed by atoms with van der Waals surface area (Å²) in [5, 5.41) is 6.33. The predicted molar refractivity (Wildman–Crippen MR) is 159 cm³/mol. The number of halogens is 2. The van der Waals surface area contributed by atoms with E-state index in [9.17, 15) is 9.59 Å². The van der Waals surface area contributed by atoms with Crippen molar-refractivity contribution in [2.75, 3.05) is 0 Å². The van der Waals surface area contributed by atoms with Gasteiger partial charge >= 0.3 is 18.2 Å². The molecule has 0 saturated carbocycles. The molecule has 9 heteroatoms. The lowest BCUT2D eigenvalue weighted by molar-refractivity contribution is -0.140. The topological polar surface area (TPSA) is 86.2 Å². The van der Waals surface area contributed by atoms with Gasteiger partial charge in [0.15, 0.2) is 0 Å². The van der Waals surface area contributed by atoms with Crippen molar-refractivity contribution >= 4 is 52.1 Å². The maximum absolute atomic E-state index is 13.1. The molecular formula is C32H22Cl2N2O5. The molecule has 5 aromatic carbocycles. The molecule has 0 saturated heterocycles. The Morgan fingerprint density at radius 2 is 1.39 bits per heavy atom. The Bertz CT molecular complexity index is 1670. The number of hydrogen-bond donors (Lipinski definition) is 1. The lowest BCUT2D eigenvalue weighted by atomic mass is 10.0. The summed E-state index contributed by atoms with van der Waals surface area (Å²) in [6.45, 7) is 0. The maximum atomic E-state index is 13.1. The van der Waals surface area contributed by atoms with Gasteiger partial charge in [0, 0.05) is 10.6 Å². The normalized spacial score (nSPS) is 11.0. The number of esters is 1. The SMILES string of the molecule is O=C(Oc1ccc2ccccc2c1C=NNC(=O)C(Oc1ccccc1)Oc1ccccc1)c1ccc(Cl)cc1Cl. The number of ether oxygens (including phenoxy) is 3. The second kappa shape index (κ2) is 13.0. The number of carbonyl (C=O) groups is 2. The number of para-hydroxylation sites is 2. The van der Waals surface area contributed by atoms with E-state index in [1.807, 2.05) is 42.5 Å². The fourth-order valence-corrected chi connectivity index (χ4v) is 4.38. The Hall–Kier alpha value is -4.85. The zero-order valence-corrected chi connectivity index (χ0v) is 22.9. The molecule has 1 N–H and O–H groups in total. The van der Waals surface area contributed by atoms with Crippen LogP contribution < -0.4 is 19.6 Å². The second-order valence-electron chi connectivity index (χ2n) is 8.64. The number of fused-ring (bicyclic) bond motifs is 1. The molecule has 0 fully saturated rings. The highest BCUT2D eigenvalue weighted by Crippen LogP contribution is 2.29. The minimum atomic E-state index is -1.34. The fraction of sp³-hybridized carbons (Fsp3) is 0.0312. The van der Waals surface area contributed by atoms with Crippen LogP contribution in [-0.4, -0.2) is 24.4 Å². The number of nitrogens with zero attached hydrogens (tertiary/aromatic N) is 1. The highest BCUT2D eigenvalue weighted by molar-refractivity contribution is 6.36. The van der Waals surface area contributed by atoms with Crippen LogP contribution in [0.3, 0.4) is 0 Å². The van der Waals surface area contributed by atoms with Crippen LogP contribution in [0.2, 0.25) is 10.0 Å². The Kier molecular flexibility index (Phi) is 8.79. The summed E-state index contributed by atoms with van der Waals surface area (Å²) in [4.78, 5) is 26.1. The third-order valence-corrected chi connectivity index (χ3v) is 6.39. The lowest BCUT2D eigenvalue weighted by Crippen LogP contribution is -2.40. The van der Waals surface area contributed by atoms with Crippen LogP contribution >= 0.6 is 23.2 Å². The van der Waals surface area contributed by atoms with E-state index in [2.05, 4.69) is 10.5 Å². The summed E-state index contributed by atoms with van der Waals surface area (Å²) in [6.07, 6.45) is 0.0582. The van der Waals surface area contributed by atoms with Crippen molar-refractivity contribution in [2.45, 2.75) is 6.29 Å². The summed E-state index contributed by atoms with van der Waals surface area (Å²) in [6, 6.07) is 33.1. The first-order chi connectivity index (χ1) is 20.0. The number of amides is 1. The summed E-state index contributed by atoms with van der Waals surface area (Å²) in [7, 11) is 0. The number of benzene rings is 5. The quantitative estimate of drug-likeness (QED) is 0.0645. The van der Waals surface area contributed by atoms with E-state index in [4.69, 9.17) is 37.4 Å². The standard InChI is InChI=1S/C32H22Cl2N2O5/c33-22-16-17-26(28(34)19-22)31(38)41-29-18-15-21-9-7-8-14-25(21)27(29)20-35-36-30(37)32(39-23-10-3-1-4-11-23)40-24-12-5-2-6-13-24/h1-20,32H,(H,36,37). The first kappa shape index (κ1) is 27.7. The van der Waals surface area contributed by atoms with Gasteiger partial charge in [0.1, 0.15) is 17.2 Å². The highest BCUT2D eigenvalue weighted by atomic mass is 35.5. The van der Waals surface area contributed by atoms with Crippen molar-refractivity contribution in [3.63, 3.8) is 0 Å². The van der Waals surface area contributed by atoms with Gasteiger partial charge in [-0.05, 0) is 59.3 Å². The van der Waals surface area contributed by atoms with E-state index in [0.717, 1.165) is 10.8 Å². The van der Waals surface area contributed by atoms with Crippen LogP contribution in [0.15, 0.2) is 120 Å². The summed E-state index contributed by atoms with van der Waals surface area (Å²) in [5.74, 6) is -0.224. The molecule has 204 valence electrons.